The van der Waals surface area contributed by atoms with Gasteiger partial charge in [-0.1, -0.05) is 12.8 Å². The second-order valence-electron chi connectivity index (χ2n) is 6.18. The summed E-state index contributed by atoms with van der Waals surface area (Å²) in [5.41, 5.74) is -0.751. The average molecular weight is 252 g/mol. The number of nitrogens with one attached hydrogen (secondary N) is 1. The summed E-state index contributed by atoms with van der Waals surface area (Å²) >= 11 is 0. The Morgan fingerprint density at radius 2 is 2.00 bits per heavy atom. The van der Waals surface area contributed by atoms with Gasteiger partial charge >= 0.3 is 0 Å². The van der Waals surface area contributed by atoms with Gasteiger partial charge in [0.1, 0.15) is 12.3 Å². The van der Waals surface area contributed by atoms with Crippen LogP contribution in [0.1, 0.15) is 46.5 Å². The monoisotopic (exact) mass is 252 g/mol. The Bertz CT molecular complexity index is 388. The SMILES string of the molecule is CC(C)(C)OC1C(=O)NC(N=C=O)C12CCCC2. The molecule has 0 radical (unpaired) electrons. The lowest BCUT2D eigenvalue weighted by Gasteiger charge is -2.35. The molecule has 0 aromatic heterocycles. The number of nitrogens with zero attached hydrogens (tertiary/aromatic N) is 1. The van der Waals surface area contributed by atoms with Gasteiger partial charge in [0.15, 0.2) is 0 Å². The molecule has 1 saturated carbocycles. The molecule has 1 aliphatic carbocycles. The molecule has 2 rings (SSSR count). The maximum atomic E-state index is 12.1. The molecule has 1 aliphatic heterocycles. The van der Waals surface area contributed by atoms with Crippen molar-refractivity contribution in [2.45, 2.75) is 64.3 Å². The molecular weight excluding hydrogens is 232 g/mol. The van der Waals surface area contributed by atoms with Crippen LogP contribution < -0.4 is 5.32 Å². The molecule has 1 spiro atoms. The van der Waals surface area contributed by atoms with Crippen LogP contribution in [-0.4, -0.2) is 29.9 Å². The van der Waals surface area contributed by atoms with Crippen molar-refractivity contribution in [3.8, 4) is 0 Å². The summed E-state index contributed by atoms with van der Waals surface area (Å²) in [6, 6.07) is 0. The number of aliphatic imine (C=N–C) groups is 1. The first kappa shape index (κ1) is 13.2. The minimum atomic E-state index is -0.512. The first-order valence-corrected chi connectivity index (χ1v) is 6.44. The minimum Gasteiger partial charge on any atom is -0.362 e. The standard InChI is InChI=1S/C13H20N2O3/c1-12(2,3)18-9-10(17)15-11(14-8-16)13(9)6-4-5-7-13/h9,11H,4-7H2,1-3H3,(H,15,17). The van der Waals surface area contributed by atoms with Gasteiger partial charge in [-0.25, -0.2) is 4.79 Å². The van der Waals surface area contributed by atoms with Gasteiger partial charge in [-0.15, -0.1) is 0 Å². The number of isocyanates is 1. The summed E-state index contributed by atoms with van der Waals surface area (Å²) in [5, 5.41) is 2.77. The summed E-state index contributed by atoms with van der Waals surface area (Å²) in [6.07, 6.45) is 4.40. The Kier molecular flexibility index (Phi) is 3.30. The molecule has 1 N–H and O–H groups in total. The number of carbonyl (C=O) groups is 1. The van der Waals surface area contributed by atoms with Crippen molar-refractivity contribution >= 4 is 12.0 Å². The van der Waals surface area contributed by atoms with E-state index in [-0.39, 0.29) is 11.3 Å². The molecule has 1 heterocycles. The van der Waals surface area contributed by atoms with Crippen LogP contribution in [0, 0.1) is 5.41 Å². The Labute approximate surface area is 107 Å². The maximum absolute atomic E-state index is 12.1. The van der Waals surface area contributed by atoms with Gasteiger partial charge in [0, 0.05) is 5.41 Å². The van der Waals surface area contributed by atoms with Crippen LogP contribution in [0.3, 0.4) is 0 Å². The highest BCUT2D eigenvalue weighted by Gasteiger charge is 2.58. The van der Waals surface area contributed by atoms with Crippen molar-refractivity contribution in [1.82, 2.24) is 5.32 Å². The molecule has 5 nitrogen and oxygen atoms in total. The third-order valence-corrected chi connectivity index (χ3v) is 3.77. The van der Waals surface area contributed by atoms with E-state index in [4.69, 9.17) is 4.74 Å². The molecule has 0 aromatic carbocycles. The lowest BCUT2D eigenvalue weighted by molar-refractivity contribution is -0.148. The first-order valence-electron chi connectivity index (χ1n) is 6.44. The highest BCUT2D eigenvalue weighted by Crippen LogP contribution is 2.49. The number of hydrogen-bond acceptors (Lipinski definition) is 4. The van der Waals surface area contributed by atoms with Crippen LogP contribution in [0.25, 0.3) is 0 Å². The lowest BCUT2D eigenvalue weighted by atomic mass is 9.80. The van der Waals surface area contributed by atoms with Gasteiger partial charge in [0.25, 0.3) is 5.91 Å². The van der Waals surface area contributed by atoms with E-state index in [1.807, 2.05) is 20.8 Å². The van der Waals surface area contributed by atoms with E-state index in [1.165, 1.54) is 0 Å². The van der Waals surface area contributed by atoms with E-state index >= 15 is 0 Å². The van der Waals surface area contributed by atoms with E-state index < -0.39 is 17.9 Å². The summed E-state index contributed by atoms with van der Waals surface area (Å²) in [6.45, 7) is 5.79. The Balaban J connectivity index is 2.31. The van der Waals surface area contributed by atoms with E-state index in [1.54, 1.807) is 6.08 Å². The smallest absolute Gasteiger partial charge is 0.251 e. The molecule has 2 atom stereocenters. The van der Waals surface area contributed by atoms with Crippen LogP contribution in [0.2, 0.25) is 0 Å². The molecule has 18 heavy (non-hydrogen) atoms. The largest absolute Gasteiger partial charge is 0.362 e. The molecule has 1 saturated heterocycles. The van der Waals surface area contributed by atoms with Gasteiger partial charge in [0.2, 0.25) is 6.08 Å². The van der Waals surface area contributed by atoms with Crippen LogP contribution in [0.5, 0.6) is 0 Å². The van der Waals surface area contributed by atoms with E-state index in [2.05, 4.69) is 10.3 Å². The molecule has 0 aromatic rings. The summed E-state index contributed by atoms with van der Waals surface area (Å²) in [7, 11) is 0. The van der Waals surface area contributed by atoms with Crippen molar-refractivity contribution in [3.63, 3.8) is 0 Å². The fraction of sp³-hybridized carbons (Fsp3) is 0.846. The zero-order valence-electron chi connectivity index (χ0n) is 11.2. The molecule has 0 bridgehead atoms. The minimum absolute atomic E-state index is 0.157. The molecule has 2 unspecified atom stereocenters. The van der Waals surface area contributed by atoms with Gasteiger partial charge in [-0.3, -0.25) is 4.79 Å². The van der Waals surface area contributed by atoms with Crippen molar-refractivity contribution in [3.05, 3.63) is 0 Å². The molecule has 2 fully saturated rings. The number of amides is 1. The summed E-state index contributed by atoms with van der Waals surface area (Å²) in [4.78, 5) is 26.4. The Morgan fingerprint density at radius 3 is 2.50 bits per heavy atom. The van der Waals surface area contributed by atoms with Crippen molar-refractivity contribution < 1.29 is 14.3 Å². The third-order valence-electron chi connectivity index (χ3n) is 3.77. The lowest BCUT2D eigenvalue weighted by Crippen LogP contribution is -2.43. The van der Waals surface area contributed by atoms with E-state index in [0.29, 0.717) is 0 Å². The van der Waals surface area contributed by atoms with Gasteiger partial charge in [-0.05, 0) is 33.6 Å². The predicted octanol–water partition coefficient (Wildman–Crippen LogP) is 1.52. The topological polar surface area (TPSA) is 67.8 Å². The summed E-state index contributed by atoms with van der Waals surface area (Å²) < 4.78 is 5.92. The Hall–Kier alpha value is -1.19. The van der Waals surface area contributed by atoms with Crippen LogP contribution in [0.15, 0.2) is 4.99 Å². The number of rotatable bonds is 2. The molecule has 5 heteroatoms. The van der Waals surface area contributed by atoms with Crippen LogP contribution in [-0.2, 0) is 14.3 Å². The van der Waals surface area contributed by atoms with Gasteiger partial charge in [-0.2, -0.15) is 4.99 Å². The Morgan fingerprint density at radius 1 is 1.39 bits per heavy atom. The number of hydrogen-bond donors (Lipinski definition) is 1. The highest BCUT2D eigenvalue weighted by molar-refractivity contribution is 5.85. The van der Waals surface area contributed by atoms with E-state index in [9.17, 15) is 9.59 Å². The molecule has 1 amide bonds. The second-order valence-corrected chi connectivity index (χ2v) is 6.18. The third kappa shape index (κ3) is 2.20. The van der Waals surface area contributed by atoms with Crippen molar-refractivity contribution in [2.75, 3.05) is 0 Å². The molecule has 100 valence electrons. The fourth-order valence-electron chi connectivity index (χ4n) is 3.07. The second kappa shape index (κ2) is 4.48. The average Bonchev–Trinajstić information content (AvgIpc) is 2.81. The molecule has 2 aliphatic rings. The van der Waals surface area contributed by atoms with Crippen molar-refractivity contribution in [2.24, 2.45) is 10.4 Å². The van der Waals surface area contributed by atoms with E-state index in [0.717, 1.165) is 25.7 Å². The maximum Gasteiger partial charge on any atom is 0.251 e. The fourth-order valence-corrected chi connectivity index (χ4v) is 3.07. The molecular formula is C13H20N2O3. The quantitative estimate of drug-likeness (QED) is 0.598. The predicted molar refractivity (Wildman–Crippen MR) is 65.6 cm³/mol. The van der Waals surface area contributed by atoms with Gasteiger partial charge in [0.05, 0.1) is 5.60 Å². The zero-order chi connectivity index (χ0) is 13.4. The zero-order valence-corrected chi connectivity index (χ0v) is 11.2. The number of ether oxygens (including phenoxy) is 1. The normalized spacial score (nSPS) is 30.3. The van der Waals surface area contributed by atoms with Gasteiger partial charge < -0.3 is 10.1 Å². The first-order chi connectivity index (χ1) is 8.39. The van der Waals surface area contributed by atoms with Crippen LogP contribution in [0.4, 0.5) is 0 Å². The van der Waals surface area contributed by atoms with Crippen molar-refractivity contribution in [1.29, 1.82) is 0 Å². The summed E-state index contributed by atoms with van der Waals surface area (Å²) in [5.74, 6) is -0.157. The van der Waals surface area contributed by atoms with Crippen LogP contribution >= 0.6 is 0 Å². The number of carbonyl (C=O) groups excluding carboxylic acids is 2. The highest BCUT2D eigenvalue weighted by atomic mass is 16.5.